The molecule has 0 saturated heterocycles. The molecule has 7 heteroatoms. The molecule has 0 spiro atoms. The van der Waals surface area contributed by atoms with Gasteiger partial charge in [-0.15, -0.1) is 0 Å². The number of thiol groups is 1. The lowest BCUT2D eigenvalue weighted by atomic mass is 10.4. The smallest absolute Gasteiger partial charge is 0.351 e. The Labute approximate surface area is 57.0 Å². The lowest BCUT2D eigenvalue weighted by molar-refractivity contribution is -0.121. The number of hydrogen-bond acceptors (Lipinski definition) is 3. The highest BCUT2D eigenvalue weighted by molar-refractivity contribution is 7.73. The van der Waals surface area contributed by atoms with E-state index in [9.17, 15) is 22.0 Å². The fraction of sp³-hybridized carbons (Fsp3) is 0.667. The lowest BCUT2D eigenvalue weighted by Crippen LogP contribution is -2.26. The van der Waals surface area contributed by atoms with Crippen LogP contribution in [0, 0.1) is 0 Å². The number of alkyl halides is 2. The maximum Gasteiger partial charge on any atom is 0.351 e. The minimum absolute atomic E-state index is 1.34. The van der Waals surface area contributed by atoms with E-state index in [0.29, 0.717) is 0 Å². The Kier molecular flexibility index (Phi) is 2.70. The number of amides is 1. The normalized spacial score (nSPS) is 11.9. The van der Waals surface area contributed by atoms with Crippen LogP contribution >= 0.6 is 0 Å². The second kappa shape index (κ2) is 2.91. The van der Waals surface area contributed by atoms with E-state index in [0.717, 1.165) is 0 Å². The maximum absolute atomic E-state index is 11.9. The highest BCUT2D eigenvalue weighted by atomic mass is 32.2. The number of primary amides is 1. The summed E-state index contributed by atoms with van der Waals surface area (Å²) in [5, 5.41) is -4.00. The third kappa shape index (κ3) is 2.72. The van der Waals surface area contributed by atoms with Crippen molar-refractivity contribution in [1.29, 1.82) is 0 Å². The quantitative estimate of drug-likeness (QED) is 0.541. The molecule has 0 saturated carbocycles. The topological polar surface area (TPSA) is 77.2 Å². The van der Waals surface area contributed by atoms with Gasteiger partial charge in [0.15, 0.2) is 0 Å². The van der Waals surface area contributed by atoms with E-state index in [-0.39, 0.29) is 0 Å². The maximum atomic E-state index is 11.9. The summed E-state index contributed by atoms with van der Waals surface area (Å²) in [5.74, 6) is -1.34. The van der Waals surface area contributed by atoms with E-state index in [2.05, 4.69) is 5.73 Å². The third-order valence-electron chi connectivity index (χ3n) is 0.654. The second-order valence-electron chi connectivity index (χ2n) is 1.57. The van der Waals surface area contributed by atoms with E-state index in [4.69, 9.17) is 0 Å². The molecule has 0 atom stereocenters. The van der Waals surface area contributed by atoms with Crippen LogP contribution < -0.4 is 5.73 Å². The summed E-state index contributed by atoms with van der Waals surface area (Å²) in [6.45, 7) is 0. The van der Waals surface area contributed by atoms with E-state index in [1.54, 1.807) is 0 Å². The molecule has 0 heterocycles. The zero-order valence-electron chi connectivity index (χ0n) is 4.71. The number of carbonyl (C=O) groups excluding carboxylic acids is 1. The summed E-state index contributed by atoms with van der Waals surface area (Å²) in [5.41, 5.74) is 4.33. The van der Waals surface area contributed by atoms with Crippen molar-refractivity contribution in [3.63, 3.8) is 0 Å². The SMILES string of the molecule is NC(=O)CC(F)(F)[SH](=O)=O. The molecule has 0 aromatic heterocycles. The zero-order chi connectivity index (χ0) is 8.36. The van der Waals surface area contributed by atoms with Gasteiger partial charge in [-0.05, 0) is 0 Å². The average molecular weight is 173 g/mol. The van der Waals surface area contributed by atoms with Crippen LogP contribution in [0.2, 0.25) is 0 Å². The largest absolute Gasteiger partial charge is 0.369 e. The van der Waals surface area contributed by atoms with Gasteiger partial charge in [0.1, 0.15) is 6.42 Å². The number of rotatable bonds is 3. The van der Waals surface area contributed by atoms with Crippen molar-refractivity contribution in [3.05, 3.63) is 0 Å². The number of nitrogens with two attached hydrogens (primary N) is 1. The third-order valence-corrected chi connectivity index (χ3v) is 1.35. The van der Waals surface area contributed by atoms with Crippen LogP contribution in [0.4, 0.5) is 8.78 Å². The van der Waals surface area contributed by atoms with Crippen molar-refractivity contribution in [2.24, 2.45) is 5.73 Å². The molecule has 0 fully saturated rings. The first-order valence-electron chi connectivity index (χ1n) is 2.17. The van der Waals surface area contributed by atoms with Crippen molar-refractivity contribution >= 4 is 16.6 Å². The molecule has 0 bridgehead atoms. The van der Waals surface area contributed by atoms with Gasteiger partial charge in [-0.25, -0.2) is 8.42 Å². The fourth-order valence-corrected chi connectivity index (χ4v) is 0.559. The van der Waals surface area contributed by atoms with Crippen LogP contribution in [-0.2, 0) is 15.5 Å². The molecule has 0 aliphatic rings. The second-order valence-corrected chi connectivity index (χ2v) is 2.73. The van der Waals surface area contributed by atoms with Gasteiger partial charge in [0.25, 0.3) is 0 Å². The summed E-state index contributed by atoms with van der Waals surface area (Å²) < 4.78 is 43.1. The van der Waals surface area contributed by atoms with E-state index < -0.39 is 28.3 Å². The summed E-state index contributed by atoms with van der Waals surface area (Å²) in [4.78, 5) is 9.79. The predicted molar refractivity (Wildman–Crippen MR) is 29.1 cm³/mol. The molecule has 0 aromatic carbocycles. The van der Waals surface area contributed by atoms with Crippen LogP contribution in [0.1, 0.15) is 6.42 Å². The molecule has 0 rings (SSSR count). The molecule has 0 unspecified atom stereocenters. The van der Waals surface area contributed by atoms with Crippen molar-refractivity contribution in [1.82, 2.24) is 0 Å². The van der Waals surface area contributed by atoms with Gasteiger partial charge in [-0.1, -0.05) is 0 Å². The Morgan fingerprint density at radius 3 is 2.00 bits per heavy atom. The van der Waals surface area contributed by atoms with Crippen LogP contribution in [-0.4, -0.2) is 19.6 Å². The van der Waals surface area contributed by atoms with Gasteiger partial charge in [0.2, 0.25) is 16.6 Å². The minimum atomic E-state index is -4.00. The lowest BCUT2D eigenvalue weighted by Gasteiger charge is -2.03. The molecular weight excluding hydrogens is 168 g/mol. The molecular formula is C3H5F2NO3S. The molecule has 10 heavy (non-hydrogen) atoms. The number of carbonyl (C=O) groups is 1. The van der Waals surface area contributed by atoms with Gasteiger partial charge in [-0.2, -0.15) is 8.78 Å². The van der Waals surface area contributed by atoms with Crippen molar-refractivity contribution < 1.29 is 22.0 Å². The molecule has 0 aromatic rings. The van der Waals surface area contributed by atoms with Crippen LogP contribution in [0.3, 0.4) is 0 Å². The Hall–Kier alpha value is -0.720. The van der Waals surface area contributed by atoms with E-state index in [1.807, 2.05) is 0 Å². The summed E-state index contributed by atoms with van der Waals surface area (Å²) in [7, 11) is -3.91. The number of halogens is 2. The first kappa shape index (κ1) is 9.28. The highest BCUT2D eigenvalue weighted by Gasteiger charge is 2.35. The van der Waals surface area contributed by atoms with Gasteiger partial charge < -0.3 is 5.73 Å². The van der Waals surface area contributed by atoms with Crippen molar-refractivity contribution in [3.8, 4) is 0 Å². The van der Waals surface area contributed by atoms with Gasteiger partial charge in [-0.3, -0.25) is 4.79 Å². The Balaban J connectivity index is 4.27. The molecule has 0 radical (unpaired) electrons. The molecule has 0 aliphatic heterocycles. The number of hydrogen-bond donors (Lipinski definition) is 2. The van der Waals surface area contributed by atoms with Gasteiger partial charge >= 0.3 is 5.25 Å². The van der Waals surface area contributed by atoms with Gasteiger partial charge in [0.05, 0.1) is 0 Å². The first-order valence-corrected chi connectivity index (χ1v) is 3.34. The summed E-state index contributed by atoms with van der Waals surface area (Å²) in [6.07, 6.45) is -1.45. The van der Waals surface area contributed by atoms with Crippen molar-refractivity contribution in [2.75, 3.05) is 0 Å². The van der Waals surface area contributed by atoms with E-state index >= 15 is 0 Å². The highest BCUT2D eigenvalue weighted by Crippen LogP contribution is 2.17. The minimum Gasteiger partial charge on any atom is -0.369 e. The van der Waals surface area contributed by atoms with Crippen LogP contribution in [0.15, 0.2) is 0 Å². The average Bonchev–Trinajstić information content (AvgIpc) is 1.60. The molecule has 4 nitrogen and oxygen atoms in total. The van der Waals surface area contributed by atoms with Crippen molar-refractivity contribution in [2.45, 2.75) is 11.7 Å². The predicted octanol–water partition coefficient (Wildman–Crippen LogP) is -0.934. The molecule has 1 amide bonds. The monoisotopic (exact) mass is 173 g/mol. The van der Waals surface area contributed by atoms with Crippen LogP contribution in [0.5, 0.6) is 0 Å². The zero-order valence-corrected chi connectivity index (χ0v) is 5.61. The van der Waals surface area contributed by atoms with Crippen LogP contribution in [0.25, 0.3) is 0 Å². The van der Waals surface area contributed by atoms with Gasteiger partial charge in [0, 0.05) is 0 Å². The Bertz CT molecular complexity index is 204. The van der Waals surface area contributed by atoms with E-state index in [1.165, 1.54) is 0 Å². The molecule has 2 N–H and O–H groups in total. The first-order chi connectivity index (χ1) is 4.36. The Morgan fingerprint density at radius 1 is 1.50 bits per heavy atom. The molecule has 0 aliphatic carbocycles. The molecule has 60 valence electrons. The standard InChI is InChI=1S/C3H5F2NO3S/c4-3(5,10(8)9)1-2(6)7/h10H,1H2,(H2,6,7). The summed E-state index contributed by atoms with van der Waals surface area (Å²) >= 11 is 0. The summed E-state index contributed by atoms with van der Waals surface area (Å²) in [6, 6.07) is 0. The Morgan fingerprint density at radius 2 is 1.90 bits per heavy atom. The fourth-order valence-electron chi connectivity index (χ4n) is 0.274.